The molecule has 7 rings (SSSR count). The monoisotopic (exact) mass is 469 g/mol. The number of carbonyl (C=O) groups excluding carboxylic acids is 3. The first-order chi connectivity index (χ1) is 17.0. The number of nitrogens with one attached hydrogen (secondary N) is 2. The lowest BCUT2D eigenvalue weighted by molar-refractivity contribution is -0.134. The quantitative estimate of drug-likeness (QED) is 0.573. The van der Waals surface area contributed by atoms with Gasteiger partial charge in [0.15, 0.2) is 0 Å². The molecule has 0 radical (unpaired) electrons. The van der Waals surface area contributed by atoms with E-state index in [9.17, 15) is 14.4 Å². The van der Waals surface area contributed by atoms with Gasteiger partial charge in [-0.15, -0.1) is 0 Å². The van der Waals surface area contributed by atoms with Crippen molar-refractivity contribution in [2.75, 3.05) is 11.4 Å². The van der Waals surface area contributed by atoms with Crippen molar-refractivity contribution < 1.29 is 14.4 Å². The minimum Gasteiger partial charge on any atom is -0.311 e. The molecule has 3 fully saturated rings. The summed E-state index contributed by atoms with van der Waals surface area (Å²) in [5.41, 5.74) is 4.00. The van der Waals surface area contributed by atoms with Crippen LogP contribution in [-0.4, -0.2) is 45.6 Å². The Morgan fingerprint density at radius 3 is 2.80 bits per heavy atom. The molecule has 1 spiro atoms. The summed E-state index contributed by atoms with van der Waals surface area (Å²) in [5, 5.41) is 12.7. The van der Waals surface area contributed by atoms with Gasteiger partial charge in [-0.1, -0.05) is 18.2 Å². The molecule has 2 saturated heterocycles. The molecule has 2 atom stereocenters. The Morgan fingerprint density at radius 1 is 1.09 bits per heavy atom. The fourth-order valence-corrected chi connectivity index (χ4v) is 6.23. The third kappa shape index (κ3) is 3.31. The molecular weight excluding hydrogens is 442 g/mol. The number of rotatable bonds is 4. The van der Waals surface area contributed by atoms with Gasteiger partial charge in [0.1, 0.15) is 6.04 Å². The molecule has 0 bridgehead atoms. The van der Waals surface area contributed by atoms with E-state index >= 15 is 0 Å². The van der Waals surface area contributed by atoms with Crippen LogP contribution in [-0.2, 0) is 16.0 Å². The van der Waals surface area contributed by atoms with Gasteiger partial charge in [-0.25, -0.2) is 0 Å². The Labute approximate surface area is 202 Å². The first-order valence-electron chi connectivity index (χ1n) is 12.5. The third-order valence-corrected chi connectivity index (χ3v) is 8.22. The van der Waals surface area contributed by atoms with Crippen LogP contribution in [0.25, 0.3) is 10.8 Å². The van der Waals surface area contributed by atoms with Crippen molar-refractivity contribution in [1.29, 1.82) is 0 Å². The summed E-state index contributed by atoms with van der Waals surface area (Å²) in [4.78, 5) is 39.1. The Morgan fingerprint density at radius 2 is 1.97 bits per heavy atom. The van der Waals surface area contributed by atoms with E-state index in [1.165, 1.54) is 12.8 Å². The lowest BCUT2D eigenvalue weighted by Gasteiger charge is -2.30. The van der Waals surface area contributed by atoms with Crippen LogP contribution in [0.3, 0.4) is 0 Å². The average molecular weight is 470 g/mol. The van der Waals surface area contributed by atoms with E-state index in [0.29, 0.717) is 23.6 Å². The molecule has 4 aliphatic rings. The Balaban J connectivity index is 1.20. The molecule has 3 aliphatic heterocycles. The molecule has 2 N–H and O–H groups in total. The summed E-state index contributed by atoms with van der Waals surface area (Å²) in [7, 11) is 0. The predicted molar refractivity (Wildman–Crippen MR) is 130 cm³/mol. The number of carbonyl (C=O) groups is 3. The lowest BCUT2D eigenvalue weighted by atomic mass is 9.96. The van der Waals surface area contributed by atoms with Gasteiger partial charge in [0.2, 0.25) is 11.8 Å². The maximum Gasteiger partial charge on any atom is 0.259 e. The summed E-state index contributed by atoms with van der Waals surface area (Å²) in [6.07, 6.45) is 10.2. The van der Waals surface area contributed by atoms with Gasteiger partial charge in [0, 0.05) is 35.5 Å². The Bertz CT molecular complexity index is 1410. The molecular formula is C27H27N5O3. The lowest BCUT2D eigenvalue weighted by Crippen LogP contribution is -2.53. The maximum absolute atomic E-state index is 13.4. The standard InChI is InChI=1S/C27H27N5O3/c33-23-7-6-22(25(34)30-23)32-21-5-4-17(19-2-1-3-20(24(19)21)26(32)35)12-16-14-29-31(15-16)18-8-11-28-27(13-18)9-10-27/h1-5,14-15,18,22,28H,6-13H2,(H,30,33,34)/t18-,22?/m0/s1. The molecule has 1 saturated carbocycles. The molecule has 3 amide bonds. The Hall–Kier alpha value is -3.52. The number of hydrogen-bond donors (Lipinski definition) is 2. The SMILES string of the molecule is O=C1CCC(N2C(=O)c3cccc4c(Cc5cnn([C@H]6CCNC7(CC7)C6)c5)ccc2c34)C(=O)N1. The van der Waals surface area contributed by atoms with E-state index in [-0.39, 0.29) is 18.2 Å². The van der Waals surface area contributed by atoms with Gasteiger partial charge >= 0.3 is 0 Å². The van der Waals surface area contributed by atoms with Crippen LogP contribution in [0.1, 0.15) is 66.1 Å². The highest BCUT2D eigenvalue weighted by molar-refractivity contribution is 6.27. The van der Waals surface area contributed by atoms with Gasteiger partial charge in [-0.05, 0) is 67.3 Å². The van der Waals surface area contributed by atoms with E-state index in [1.807, 2.05) is 30.5 Å². The Kier molecular flexibility index (Phi) is 4.45. The van der Waals surface area contributed by atoms with Crippen LogP contribution in [0.2, 0.25) is 0 Å². The fourth-order valence-electron chi connectivity index (χ4n) is 6.23. The first kappa shape index (κ1) is 20.8. The van der Waals surface area contributed by atoms with Gasteiger partial charge in [-0.3, -0.25) is 29.3 Å². The molecule has 8 nitrogen and oxygen atoms in total. The van der Waals surface area contributed by atoms with Crippen molar-refractivity contribution in [2.24, 2.45) is 0 Å². The zero-order valence-corrected chi connectivity index (χ0v) is 19.4. The van der Waals surface area contributed by atoms with E-state index in [2.05, 4.69) is 27.6 Å². The summed E-state index contributed by atoms with van der Waals surface area (Å²) in [6, 6.07) is 9.56. The molecule has 1 aliphatic carbocycles. The van der Waals surface area contributed by atoms with Crippen LogP contribution in [0.5, 0.6) is 0 Å². The summed E-state index contributed by atoms with van der Waals surface area (Å²) in [6.45, 7) is 1.05. The molecule has 3 aromatic rings. The average Bonchev–Trinajstić information content (AvgIpc) is 3.30. The second-order valence-electron chi connectivity index (χ2n) is 10.5. The highest BCUT2D eigenvalue weighted by atomic mass is 16.2. The molecule has 35 heavy (non-hydrogen) atoms. The van der Waals surface area contributed by atoms with Gasteiger partial charge in [-0.2, -0.15) is 5.10 Å². The van der Waals surface area contributed by atoms with Crippen LogP contribution >= 0.6 is 0 Å². The van der Waals surface area contributed by atoms with Crippen LogP contribution < -0.4 is 15.5 Å². The molecule has 4 heterocycles. The maximum atomic E-state index is 13.4. The smallest absolute Gasteiger partial charge is 0.259 e. The fraction of sp³-hybridized carbons (Fsp3) is 0.407. The van der Waals surface area contributed by atoms with Crippen molar-refractivity contribution in [3.63, 3.8) is 0 Å². The van der Waals surface area contributed by atoms with Gasteiger partial charge in [0.05, 0.1) is 17.9 Å². The van der Waals surface area contributed by atoms with Crippen LogP contribution in [0.15, 0.2) is 42.7 Å². The largest absolute Gasteiger partial charge is 0.311 e. The van der Waals surface area contributed by atoms with Crippen LogP contribution in [0, 0.1) is 0 Å². The zero-order chi connectivity index (χ0) is 23.7. The molecule has 2 aromatic carbocycles. The van der Waals surface area contributed by atoms with E-state index in [0.717, 1.165) is 53.4 Å². The minimum atomic E-state index is -0.667. The second-order valence-corrected chi connectivity index (χ2v) is 10.5. The number of amides is 3. The number of imide groups is 1. The van der Waals surface area contributed by atoms with Gasteiger partial charge < -0.3 is 5.32 Å². The van der Waals surface area contributed by atoms with E-state index in [1.54, 1.807) is 4.90 Å². The van der Waals surface area contributed by atoms with Crippen molar-refractivity contribution >= 4 is 34.2 Å². The predicted octanol–water partition coefficient (Wildman–Crippen LogP) is 2.85. The summed E-state index contributed by atoms with van der Waals surface area (Å²) >= 11 is 0. The number of benzene rings is 2. The highest BCUT2D eigenvalue weighted by Crippen LogP contribution is 2.45. The van der Waals surface area contributed by atoms with Crippen molar-refractivity contribution in [2.45, 2.75) is 62.6 Å². The molecule has 1 unspecified atom stereocenters. The van der Waals surface area contributed by atoms with Crippen molar-refractivity contribution in [3.8, 4) is 0 Å². The minimum absolute atomic E-state index is 0.176. The molecule has 178 valence electrons. The van der Waals surface area contributed by atoms with Crippen LogP contribution in [0.4, 0.5) is 5.69 Å². The zero-order valence-electron chi connectivity index (χ0n) is 19.4. The third-order valence-electron chi connectivity index (χ3n) is 8.22. The first-order valence-corrected chi connectivity index (χ1v) is 12.5. The number of anilines is 1. The van der Waals surface area contributed by atoms with E-state index in [4.69, 9.17) is 5.10 Å². The summed E-state index contributed by atoms with van der Waals surface area (Å²) < 4.78 is 2.14. The molecule has 8 heteroatoms. The van der Waals surface area contributed by atoms with Crippen molar-refractivity contribution in [1.82, 2.24) is 20.4 Å². The van der Waals surface area contributed by atoms with E-state index < -0.39 is 11.9 Å². The second kappa shape index (κ2) is 7.49. The molecule has 1 aromatic heterocycles. The van der Waals surface area contributed by atoms with Crippen molar-refractivity contribution in [3.05, 3.63) is 59.4 Å². The summed E-state index contributed by atoms with van der Waals surface area (Å²) in [5.74, 6) is -0.865. The number of hydrogen-bond acceptors (Lipinski definition) is 5. The number of nitrogens with zero attached hydrogens (tertiary/aromatic N) is 3. The normalized spacial score (nSPS) is 24.9. The van der Waals surface area contributed by atoms with Gasteiger partial charge in [0.25, 0.3) is 5.91 Å². The number of piperidine rings is 2. The topological polar surface area (TPSA) is 96.3 Å². The highest BCUT2D eigenvalue weighted by Gasteiger charge is 2.46. The number of aromatic nitrogens is 2.